The van der Waals surface area contributed by atoms with Crippen molar-refractivity contribution >= 4 is 17.8 Å². The van der Waals surface area contributed by atoms with Crippen LogP contribution in [0.4, 0.5) is 0 Å². The summed E-state index contributed by atoms with van der Waals surface area (Å²) in [5.41, 5.74) is 3.77. The molecular formula is C19H15N5O. The zero-order chi connectivity index (χ0) is 17.2. The maximum absolute atomic E-state index is 12.7. The van der Waals surface area contributed by atoms with E-state index in [1.54, 1.807) is 34.0 Å². The molecule has 25 heavy (non-hydrogen) atoms. The van der Waals surface area contributed by atoms with E-state index in [4.69, 9.17) is 0 Å². The molecule has 0 aliphatic carbocycles. The van der Waals surface area contributed by atoms with Gasteiger partial charge in [0.05, 0.1) is 17.6 Å². The van der Waals surface area contributed by atoms with Gasteiger partial charge in [0.25, 0.3) is 5.56 Å². The van der Waals surface area contributed by atoms with Crippen molar-refractivity contribution in [3.63, 3.8) is 0 Å². The Kier molecular flexibility index (Phi) is 3.70. The molecule has 0 saturated carbocycles. The summed E-state index contributed by atoms with van der Waals surface area (Å²) in [4.78, 5) is 25.4. The minimum absolute atomic E-state index is 0.146. The average Bonchev–Trinajstić information content (AvgIpc) is 2.99. The van der Waals surface area contributed by atoms with Crippen molar-refractivity contribution in [2.24, 2.45) is 0 Å². The van der Waals surface area contributed by atoms with Gasteiger partial charge in [-0.1, -0.05) is 12.1 Å². The molecule has 122 valence electrons. The molecule has 0 saturated heterocycles. The number of aromatic nitrogens is 5. The van der Waals surface area contributed by atoms with E-state index >= 15 is 0 Å². The first-order chi connectivity index (χ1) is 12.2. The molecule has 0 spiro atoms. The quantitative estimate of drug-likeness (QED) is 0.580. The van der Waals surface area contributed by atoms with E-state index in [0.717, 1.165) is 16.8 Å². The number of nitrogens with zero attached hydrogens (tertiary/aromatic N) is 5. The molecule has 0 amide bonds. The van der Waals surface area contributed by atoms with Gasteiger partial charge in [0.1, 0.15) is 0 Å². The number of pyridine rings is 2. The Balaban J connectivity index is 1.83. The van der Waals surface area contributed by atoms with E-state index in [1.807, 2.05) is 49.5 Å². The Labute approximate surface area is 143 Å². The smallest absolute Gasteiger partial charge is 0.267 e. The lowest BCUT2D eigenvalue weighted by Crippen LogP contribution is -2.20. The highest BCUT2D eigenvalue weighted by Crippen LogP contribution is 2.14. The van der Waals surface area contributed by atoms with Gasteiger partial charge >= 0.3 is 0 Å². The number of aryl methyl sites for hydroxylation is 1. The zero-order valence-electron chi connectivity index (χ0n) is 13.6. The predicted molar refractivity (Wildman–Crippen MR) is 96.5 cm³/mol. The van der Waals surface area contributed by atoms with Crippen molar-refractivity contribution in [1.82, 2.24) is 24.1 Å². The Bertz CT molecular complexity index is 1110. The topological polar surface area (TPSA) is 65.1 Å². The van der Waals surface area contributed by atoms with Crippen LogP contribution < -0.4 is 5.56 Å². The van der Waals surface area contributed by atoms with Crippen LogP contribution in [0.15, 0.2) is 66.1 Å². The summed E-state index contributed by atoms with van der Waals surface area (Å²) in [6, 6.07) is 9.06. The maximum Gasteiger partial charge on any atom is 0.273 e. The highest BCUT2D eigenvalue weighted by atomic mass is 16.1. The summed E-state index contributed by atoms with van der Waals surface area (Å²) in [6.07, 6.45) is 12.5. The third kappa shape index (κ3) is 2.85. The van der Waals surface area contributed by atoms with Gasteiger partial charge < -0.3 is 0 Å². The van der Waals surface area contributed by atoms with Crippen molar-refractivity contribution in [3.05, 3.63) is 88.5 Å². The molecule has 0 atom stereocenters. The molecule has 4 heterocycles. The number of fused-ring (bicyclic) bond motifs is 1. The predicted octanol–water partition coefficient (Wildman–Crippen LogP) is 2.75. The third-order valence-electron chi connectivity index (χ3n) is 3.84. The second-order valence-electron chi connectivity index (χ2n) is 5.64. The third-order valence-corrected chi connectivity index (χ3v) is 3.84. The van der Waals surface area contributed by atoms with Crippen molar-refractivity contribution < 1.29 is 0 Å². The van der Waals surface area contributed by atoms with Crippen LogP contribution >= 0.6 is 0 Å². The van der Waals surface area contributed by atoms with Gasteiger partial charge in [-0.25, -0.2) is 4.98 Å². The molecule has 4 aromatic rings. The first-order valence-corrected chi connectivity index (χ1v) is 7.83. The van der Waals surface area contributed by atoms with Gasteiger partial charge in [0, 0.05) is 36.4 Å². The standard InChI is InChI=1S/C19H15N5O/c1-14-13-23(17-5-3-9-21-12-17)24-18(25)10-16(22-19(14)24)7-6-15-4-2-8-20-11-15/h2-13H,1H3/b7-6+. The van der Waals surface area contributed by atoms with Crippen molar-refractivity contribution in [3.8, 4) is 5.69 Å². The van der Waals surface area contributed by atoms with E-state index in [-0.39, 0.29) is 5.56 Å². The Morgan fingerprint density at radius 1 is 1.04 bits per heavy atom. The normalized spacial score (nSPS) is 11.4. The number of hydrogen-bond donors (Lipinski definition) is 0. The van der Waals surface area contributed by atoms with Crippen LogP contribution in [-0.2, 0) is 0 Å². The molecule has 0 aliphatic rings. The summed E-state index contributed by atoms with van der Waals surface area (Å²) in [7, 11) is 0. The SMILES string of the molecule is Cc1cn(-c2cccnc2)n2c(=O)cc(/C=C/c3cccnc3)nc12. The molecule has 6 heteroatoms. The van der Waals surface area contributed by atoms with E-state index in [2.05, 4.69) is 15.0 Å². The van der Waals surface area contributed by atoms with E-state index in [0.29, 0.717) is 11.3 Å². The molecule has 6 nitrogen and oxygen atoms in total. The molecule has 0 unspecified atom stereocenters. The summed E-state index contributed by atoms with van der Waals surface area (Å²) in [5.74, 6) is 0. The Morgan fingerprint density at radius 3 is 2.56 bits per heavy atom. The van der Waals surface area contributed by atoms with Crippen molar-refractivity contribution in [2.45, 2.75) is 6.92 Å². The summed E-state index contributed by atoms with van der Waals surface area (Å²) in [5, 5.41) is 0. The van der Waals surface area contributed by atoms with Crippen molar-refractivity contribution in [1.29, 1.82) is 0 Å². The summed E-state index contributed by atoms with van der Waals surface area (Å²) in [6.45, 7) is 1.93. The molecule has 0 fully saturated rings. The molecular weight excluding hydrogens is 314 g/mol. The first kappa shape index (κ1) is 15.0. The van der Waals surface area contributed by atoms with Gasteiger partial charge in [-0.2, -0.15) is 4.52 Å². The molecule has 4 rings (SSSR count). The van der Waals surface area contributed by atoms with Gasteiger partial charge in [-0.05, 0) is 36.8 Å². The second kappa shape index (κ2) is 6.16. The highest BCUT2D eigenvalue weighted by molar-refractivity contribution is 5.68. The highest BCUT2D eigenvalue weighted by Gasteiger charge is 2.11. The van der Waals surface area contributed by atoms with Gasteiger partial charge in [-0.3, -0.25) is 19.4 Å². The van der Waals surface area contributed by atoms with E-state index in [9.17, 15) is 4.79 Å². The minimum atomic E-state index is -0.146. The van der Waals surface area contributed by atoms with Crippen LogP contribution in [0.3, 0.4) is 0 Å². The van der Waals surface area contributed by atoms with Crippen LogP contribution in [0.2, 0.25) is 0 Å². The molecule has 0 aliphatic heterocycles. The Morgan fingerprint density at radius 2 is 1.84 bits per heavy atom. The lowest BCUT2D eigenvalue weighted by Gasteiger charge is -2.05. The summed E-state index contributed by atoms with van der Waals surface area (Å²) < 4.78 is 3.31. The van der Waals surface area contributed by atoms with E-state index < -0.39 is 0 Å². The molecule has 0 aromatic carbocycles. The summed E-state index contributed by atoms with van der Waals surface area (Å²) >= 11 is 0. The second-order valence-corrected chi connectivity index (χ2v) is 5.64. The lowest BCUT2D eigenvalue weighted by molar-refractivity contribution is 0.760. The van der Waals surface area contributed by atoms with Crippen LogP contribution in [0.1, 0.15) is 16.8 Å². The Hall–Kier alpha value is -3.54. The fourth-order valence-electron chi connectivity index (χ4n) is 2.68. The van der Waals surface area contributed by atoms with Gasteiger partial charge in [0.15, 0.2) is 5.65 Å². The fourth-order valence-corrected chi connectivity index (χ4v) is 2.68. The average molecular weight is 329 g/mol. The van der Waals surface area contributed by atoms with Crippen LogP contribution in [0.5, 0.6) is 0 Å². The molecule has 0 N–H and O–H groups in total. The maximum atomic E-state index is 12.7. The molecule has 4 aromatic heterocycles. The molecule has 0 bridgehead atoms. The van der Waals surface area contributed by atoms with Crippen LogP contribution in [0.25, 0.3) is 23.5 Å². The molecule has 0 radical (unpaired) electrons. The number of hydrogen-bond acceptors (Lipinski definition) is 4. The van der Waals surface area contributed by atoms with Gasteiger partial charge in [0.2, 0.25) is 0 Å². The van der Waals surface area contributed by atoms with Crippen LogP contribution in [0, 0.1) is 6.92 Å². The zero-order valence-corrected chi connectivity index (χ0v) is 13.6. The van der Waals surface area contributed by atoms with E-state index in [1.165, 1.54) is 6.07 Å². The monoisotopic (exact) mass is 329 g/mol. The number of rotatable bonds is 3. The van der Waals surface area contributed by atoms with Crippen molar-refractivity contribution in [2.75, 3.05) is 0 Å². The lowest BCUT2D eigenvalue weighted by atomic mass is 10.2. The minimum Gasteiger partial charge on any atom is -0.267 e. The van der Waals surface area contributed by atoms with Gasteiger partial charge in [-0.15, -0.1) is 0 Å². The first-order valence-electron chi connectivity index (χ1n) is 7.83. The fraction of sp³-hybridized carbons (Fsp3) is 0.0526. The van der Waals surface area contributed by atoms with Crippen LogP contribution in [-0.4, -0.2) is 24.1 Å². The largest absolute Gasteiger partial charge is 0.273 e.